The van der Waals surface area contributed by atoms with E-state index in [0.29, 0.717) is 34.3 Å². The van der Waals surface area contributed by atoms with Crippen molar-refractivity contribution in [1.29, 1.82) is 0 Å². The van der Waals surface area contributed by atoms with Gasteiger partial charge in [0, 0.05) is 17.2 Å². The minimum Gasteiger partial charge on any atom is -0.496 e. The maximum Gasteiger partial charge on any atom is 0.356 e. The molecule has 0 atom stereocenters. The van der Waals surface area contributed by atoms with Crippen molar-refractivity contribution in [2.24, 2.45) is 0 Å². The predicted octanol–water partition coefficient (Wildman–Crippen LogP) is 4.39. The molecule has 8 heteroatoms. The Labute approximate surface area is 161 Å². The molecule has 1 N–H and O–H groups in total. The summed E-state index contributed by atoms with van der Waals surface area (Å²) in [4.78, 5) is 11.7. The second kappa shape index (κ2) is 6.45. The van der Waals surface area contributed by atoms with E-state index in [4.69, 9.17) is 4.74 Å². The second-order valence-corrected chi connectivity index (χ2v) is 7.02. The van der Waals surface area contributed by atoms with Crippen LogP contribution in [0.15, 0.2) is 34.8 Å². The highest BCUT2D eigenvalue weighted by molar-refractivity contribution is 9.10. The van der Waals surface area contributed by atoms with Gasteiger partial charge < -0.3 is 9.84 Å². The Balaban J connectivity index is 2.03. The molecule has 0 bridgehead atoms. The lowest BCUT2D eigenvalue weighted by atomic mass is 9.88. The highest BCUT2D eigenvalue weighted by Gasteiger charge is 2.30. The maximum atomic E-state index is 13.7. The number of ether oxygens (including phenoxy) is 1. The van der Waals surface area contributed by atoms with E-state index in [0.717, 1.165) is 29.3 Å². The summed E-state index contributed by atoms with van der Waals surface area (Å²) in [7, 11) is 1.56. The molecule has 0 spiro atoms. The van der Waals surface area contributed by atoms with E-state index in [-0.39, 0.29) is 11.4 Å². The monoisotopic (exact) mass is 434 g/mol. The van der Waals surface area contributed by atoms with Crippen molar-refractivity contribution in [1.82, 2.24) is 9.78 Å². The lowest BCUT2D eigenvalue weighted by molar-refractivity contribution is 0.0688. The zero-order valence-corrected chi connectivity index (χ0v) is 15.7. The van der Waals surface area contributed by atoms with Crippen molar-refractivity contribution in [2.75, 3.05) is 7.11 Å². The number of methoxy groups -OCH3 is 1. The molecule has 0 unspecified atom stereocenters. The summed E-state index contributed by atoms with van der Waals surface area (Å²) in [5.74, 6) is -2.06. The van der Waals surface area contributed by atoms with Gasteiger partial charge in [0.05, 0.1) is 23.0 Å². The number of rotatable bonds is 3. The molecular weight excluding hydrogens is 422 g/mol. The number of nitrogens with zero attached hydrogens (tertiary/aromatic N) is 2. The Morgan fingerprint density at radius 3 is 2.52 bits per heavy atom. The molecule has 1 aliphatic rings. The van der Waals surface area contributed by atoms with Crippen molar-refractivity contribution in [3.05, 3.63) is 63.3 Å². The van der Waals surface area contributed by atoms with Crippen molar-refractivity contribution >= 4 is 21.9 Å². The van der Waals surface area contributed by atoms with Crippen LogP contribution in [0.2, 0.25) is 0 Å². The van der Waals surface area contributed by atoms with Gasteiger partial charge in [0.1, 0.15) is 17.4 Å². The number of fused-ring (bicyclic) bond motifs is 3. The minimum atomic E-state index is -1.18. The highest BCUT2D eigenvalue weighted by Crippen LogP contribution is 2.41. The number of halogens is 3. The first-order valence-corrected chi connectivity index (χ1v) is 8.86. The molecule has 0 saturated carbocycles. The molecule has 138 valence electrons. The summed E-state index contributed by atoms with van der Waals surface area (Å²) in [5.41, 5.74) is 2.74. The molecule has 1 heterocycles. The SMILES string of the molecule is COc1cc2c(cc1Br)-c1c(c(C(=O)O)nn1-c1cc(F)cc(F)c1)CC2. The van der Waals surface area contributed by atoms with Gasteiger partial charge in [-0.05, 0) is 58.6 Å². The smallest absolute Gasteiger partial charge is 0.356 e. The van der Waals surface area contributed by atoms with Gasteiger partial charge in [-0.15, -0.1) is 0 Å². The van der Waals surface area contributed by atoms with Crippen molar-refractivity contribution in [3.63, 3.8) is 0 Å². The van der Waals surface area contributed by atoms with E-state index in [9.17, 15) is 18.7 Å². The first-order chi connectivity index (χ1) is 12.9. The average Bonchev–Trinajstić information content (AvgIpc) is 3.00. The molecule has 5 nitrogen and oxygen atoms in total. The van der Waals surface area contributed by atoms with E-state index >= 15 is 0 Å². The van der Waals surface area contributed by atoms with E-state index in [1.54, 1.807) is 7.11 Å². The summed E-state index contributed by atoms with van der Waals surface area (Å²) >= 11 is 3.44. The highest BCUT2D eigenvalue weighted by atomic mass is 79.9. The summed E-state index contributed by atoms with van der Waals surface area (Å²) in [5, 5.41) is 13.7. The molecule has 1 aromatic heterocycles. The third-order valence-corrected chi connectivity index (χ3v) is 5.17. The number of hydrogen-bond donors (Lipinski definition) is 1. The Kier molecular flexibility index (Phi) is 4.22. The number of hydrogen-bond acceptors (Lipinski definition) is 3. The maximum absolute atomic E-state index is 13.7. The minimum absolute atomic E-state index is 0.118. The number of aromatic carboxylic acids is 1. The van der Waals surface area contributed by atoms with Gasteiger partial charge in [-0.3, -0.25) is 0 Å². The molecule has 3 aromatic rings. The van der Waals surface area contributed by atoms with Crippen LogP contribution in [-0.4, -0.2) is 28.0 Å². The quantitative estimate of drug-likeness (QED) is 0.663. The molecule has 0 fully saturated rings. The number of aryl methyl sites for hydroxylation is 1. The van der Waals surface area contributed by atoms with E-state index in [1.807, 2.05) is 12.1 Å². The fraction of sp³-hybridized carbons (Fsp3) is 0.158. The first-order valence-electron chi connectivity index (χ1n) is 8.07. The Bertz CT molecular complexity index is 1070. The Morgan fingerprint density at radius 2 is 1.89 bits per heavy atom. The third kappa shape index (κ3) is 2.90. The fourth-order valence-electron chi connectivity index (χ4n) is 3.42. The van der Waals surface area contributed by atoms with Gasteiger partial charge in [-0.25, -0.2) is 18.3 Å². The van der Waals surface area contributed by atoms with Crippen LogP contribution >= 0.6 is 15.9 Å². The van der Waals surface area contributed by atoms with Crippen LogP contribution in [-0.2, 0) is 12.8 Å². The second-order valence-electron chi connectivity index (χ2n) is 6.16. The summed E-state index contributed by atoms with van der Waals surface area (Å²) < 4.78 is 34.8. The van der Waals surface area contributed by atoms with Gasteiger partial charge in [-0.1, -0.05) is 0 Å². The normalized spacial score (nSPS) is 12.4. The average molecular weight is 435 g/mol. The predicted molar refractivity (Wildman–Crippen MR) is 97.5 cm³/mol. The number of aromatic nitrogens is 2. The summed E-state index contributed by atoms with van der Waals surface area (Å²) in [6, 6.07) is 6.68. The van der Waals surface area contributed by atoms with Crippen LogP contribution in [0.5, 0.6) is 5.75 Å². The summed E-state index contributed by atoms with van der Waals surface area (Å²) in [6.45, 7) is 0. The molecule has 0 aliphatic heterocycles. The molecule has 0 amide bonds. The Morgan fingerprint density at radius 1 is 1.19 bits per heavy atom. The largest absolute Gasteiger partial charge is 0.496 e. The zero-order valence-electron chi connectivity index (χ0n) is 14.1. The number of benzene rings is 2. The number of carboxylic acids is 1. The van der Waals surface area contributed by atoms with Gasteiger partial charge >= 0.3 is 5.97 Å². The van der Waals surface area contributed by atoms with Crippen LogP contribution in [0.1, 0.15) is 21.6 Å². The van der Waals surface area contributed by atoms with Gasteiger partial charge in [0.15, 0.2) is 5.69 Å². The molecule has 4 rings (SSSR count). The van der Waals surface area contributed by atoms with Gasteiger partial charge in [-0.2, -0.15) is 5.10 Å². The van der Waals surface area contributed by atoms with E-state index in [2.05, 4.69) is 21.0 Å². The Hall–Kier alpha value is -2.74. The van der Waals surface area contributed by atoms with Crippen LogP contribution in [0.3, 0.4) is 0 Å². The lowest BCUT2D eigenvalue weighted by Crippen LogP contribution is -2.09. The summed E-state index contributed by atoms with van der Waals surface area (Å²) in [6.07, 6.45) is 1.06. The topological polar surface area (TPSA) is 64.3 Å². The van der Waals surface area contributed by atoms with E-state index < -0.39 is 17.6 Å². The number of carbonyl (C=O) groups is 1. The van der Waals surface area contributed by atoms with Crippen molar-refractivity contribution in [3.8, 4) is 22.7 Å². The molecule has 0 radical (unpaired) electrons. The van der Waals surface area contributed by atoms with E-state index in [1.165, 1.54) is 4.68 Å². The molecule has 2 aromatic carbocycles. The van der Waals surface area contributed by atoms with Crippen molar-refractivity contribution < 1.29 is 23.4 Å². The third-order valence-electron chi connectivity index (χ3n) is 4.56. The lowest BCUT2D eigenvalue weighted by Gasteiger charge is -2.20. The molecular formula is C19H13BrF2N2O3. The van der Waals surface area contributed by atoms with Gasteiger partial charge in [0.2, 0.25) is 0 Å². The van der Waals surface area contributed by atoms with Gasteiger partial charge in [0.25, 0.3) is 0 Å². The fourth-order valence-corrected chi connectivity index (χ4v) is 3.93. The molecule has 27 heavy (non-hydrogen) atoms. The van der Waals surface area contributed by atoms with Crippen LogP contribution in [0.25, 0.3) is 16.9 Å². The van der Waals surface area contributed by atoms with Crippen molar-refractivity contribution in [2.45, 2.75) is 12.8 Å². The molecule has 1 aliphatic carbocycles. The zero-order chi connectivity index (χ0) is 19.3. The van der Waals surface area contributed by atoms with Crippen LogP contribution < -0.4 is 4.74 Å². The van der Waals surface area contributed by atoms with Crippen LogP contribution in [0, 0.1) is 11.6 Å². The molecule has 0 saturated heterocycles. The number of carboxylic acid groups (broad SMARTS) is 1. The first kappa shape index (κ1) is 17.7. The standard InChI is InChI=1S/C19H13BrF2N2O3/c1-27-16-4-9-2-3-13-17(19(25)26)23-24(18(13)14(9)8-15(16)20)12-6-10(21)5-11(22)7-12/h4-8H,2-3H2,1H3,(H,25,26). The van der Waals surface area contributed by atoms with Crippen LogP contribution in [0.4, 0.5) is 8.78 Å².